The first-order valence-corrected chi connectivity index (χ1v) is 11.4. The van der Waals surface area contributed by atoms with Gasteiger partial charge in [0.15, 0.2) is 0 Å². The zero-order valence-corrected chi connectivity index (χ0v) is 18.6. The Labute approximate surface area is 183 Å². The molecule has 0 saturated carbocycles. The summed E-state index contributed by atoms with van der Waals surface area (Å²) in [4.78, 5) is 12.9. The van der Waals surface area contributed by atoms with E-state index in [-0.39, 0.29) is 22.9 Å². The molecule has 0 bridgehead atoms. The van der Waals surface area contributed by atoms with E-state index in [1.165, 1.54) is 7.05 Å². The van der Waals surface area contributed by atoms with Crippen molar-refractivity contribution in [2.75, 3.05) is 24.5 Å². The molecule has 0 atom stereocenters. The number of hydrogen-bond donors (Lipinski definition) is 1. The van der Waals surface area contributed by atoms with Crippen LogP contribution in [0.1, 0.15) is 21.5 Å². The van der Waals surface area contributed by atoms with Gasteiger partial charge in [0, 0.05) is 7.05 Å². The maximum absolute atomic E-state index is 13.0. The topological polar surface area (TPSA) is 75.7 Å². The summed E-state index contributed by atoms with van der Waals surface area (Å²) in [6, 6.07) is 20.9. The van der Waals surface area contributed by atoms with Gasteiger partial charge in [0.2, 0.25) is 0 Å². The average Bonchev–Trinajstić information content (AvgIpc) is 2.76. The fourth-order valence-electron chi connectivity index (χ4n) is 3.07. The van der Waals surface area contributed by atoms with E-state index in [0.29, 0.717) is 12.3 Å². The number of carbonyl (C=O) groups excluding carboxylic acids is 1. The first-order valence-electron chi connectivity index (χ1n) is 9.91. The standard InChI is InChI=1S/C24H26N2O4S/c1-18-11-13-21(14-12-18)31(28,29)26(3)23-10-5-4-9-22(23)24(27)25-15-16-30-20-8-6-7-19(2)17-20/h4-14,17H,15-16H2,1-3H3,(H,25,27). The lowest BCUT2D eigenvalue weighted by Crippen LogP contribution is -2.32. The first kappa shape index (κ1) is 22.4. The molecule has 7 heteroatoms. The molecule has 3 aromatic carbocycles. The van der Waals surface area contributed by atoms with E-state index in [0.717, 1.165) is 21.2 Å². The Balaban J connectivity index is 1.70. The Hall–Kier alpha value is -3.32. The van der Waals surface area contributed by atoms with Crippen molar-refractivity contribution in [2.45, 2.75) is 18.7 Å². The molecule has 6 nitrogen and oxygen atoms in total. The summed E-state index contributed by atoms with van der Waals surface area (Å²) in [5.41, 5.74) is 2.64. The van der Waals surface area contributed by atoms with Gasteiger partial charge < -0.3 is 10.1 Å². The molecule has 0 heterocycles. The summed E-state index contributed by atoms with van der Waals surface area (Å²) >= 11 is 0. The first-order chi connectivity index (χ1) is 14.8. The maximum Gasteiger partial charge on any atom is 0.264 e. The second-order valence-electron chi connectivity index (χ2n) is 7.22. The number of anilines is 1. The van der Waals surface area contributed by atoms with Crippen LogP contribution in [-0.4, -0.2) is 34.5 Å². The minimum absolute atomic E-state index is 0.169. The number of carbonyl (C=O) groups is 1. The minimum Gasteiger partial charge on any atom is -0.492 e. The molecule has 3 aromatic rings. The highest BCUT2D eigenvalue weighted by atomic mass is 32.2. The lowest BCUT2D eigenvalue weighted by Gasteiger charge is -2.22. The van der Waals surface area contributed by atoms with Gasteiger partial charge in [-0.3, -0.25) is 9.10 Å². The third-order valence-corrected chi connectivity index (χ3v) is 6.60. The molecule has 0 aliphatic carbocycles. The molecule has 3 rings (SSSR count). The van der Waals surface area contributed by atoms with E-state index in [2.05, 4.69) is 5.32 Å². The van der Waals surface area contributed by atoms with Crippen LogP contribution in [0.2, 0.25) is 0 Å². The Morgan fingerprint density at radius 2 is 1.65 bits per heavy atom. The van der Waals surface area contributed by atoms with Gasteiger partial charge in [0.25, 0.3) is 15.9 Å². The van der Waals surface area contributed by atoms with Crippen LogP contribution in [0.5, 0.6) is 5.75 Å². The predicted molar refractivity (Wildman–Crippen MR) is 122 cm³/mol. The number of para-hydroxylation sites is 1. The van der Waals surface area contributed by atoms with Crippen LogP contribution in [0.3, 0.4) is 0 Å². The summed E-state index contributed by atoms with van der Waals surface area (Å²) in [5, 5.41) is 2.79. The van der Waals surface area contributed by atoms with E-state index in [1.807, 2.05) is 38.1 Å². The largest absolute Gasteiger partial charge is 0.492 e. The summed E-state index contributed by atoms with van der Waals surface area (Å²) in [6.07, 6.45) is 0. The smallest absolute Gasteiger partial charge is 0.264 e. The van der Waals surface area contributed by atoms with Gasteiger partial charge in [-0.1, -0.05) is 42.0 Å². The average molecular weight is 439 g/mol. The molecule has 0 aliphatic heterocycles. The van der Waals surface area contributed by atoms with E-state index < -0.39 is 10.0 Å². The van der Waals surface area contributed by atoms with Crippen LogP contribution < -0.4 is 14.4 Å². The number of hydrogen-bond acceptors (Lipinski definition) is 4. The molecule has 31 heavy (non-hydrogen) atoms. The number of aryl methyl sites for hydroxylation is 2. The number of rotatable bonds is 8. The van der Waals surface area contributed by atoms with Gasteiger partial charge in [0.05, 0.1) is 22.7 Å². The fourth-order valence-corrected chi connectivity index (χ4v) is 4.29. The Morgan fingerprint density at radius 1 is 0.935 bits per heavy atom. The van der Waals surface area contributed by atoms with Gasteiger partial charge in [-0.05, 0) is 55.8 Å². The zero-order chi connectivity index (χ0) is 22.4. The number of ether oxygens (including phenoxy) is 1. The van der Waals surface area contributed by atoms with Crippen molar-refractivity contribution in [1.82, 2.24) is 5.32 Å². The van der Waals surface area contributed by atoms with Crippen LogP contribution in [0, 0.1) is 13.8 Å². The monoisotopic (exact) mass is 438 g/mol. The predicted octanol–water partition coefficient (Wildman–Crippen LogP) is 3.94. The van der Waals surface area contributed by atoms with Crippen molar-refractivity contribution >= 4 is 21.6 Å². The summed E-state index contributed by atoms with van der Waals surface area (Å²) in [7, 11) is -2.35. The number of nitrogens with one attached hydrogen (secondary N) is 1. The summed E-state index contributed by atoms with van der Waals surface area (Å²) in [5.74, 6) is 0.368. The van der Waals surface area contributed by atoms with Gasteiger partial charge >= 0.3 is 0 Å². The molecule has 162 valence electrons. The van der Waals surface area contributed by atoms with E-state index in [1.54, 1.807) is 48.5 Å². The van der Waals surface area contributed by atoms with Crippen LogP contribution in [-0.2, 0) is 10.0 Å². The molecule has 0 radical (unpaired) electrons. The van der Waals surface area contributed by atoms with Crippen LogP contribution in [0.15, 0.2) is 77.7 Å². The lowest BCUT2D eigenvalue weighted by atomic mass is 10.1. The highest BCUT2D eigenvalue weighted by molar-refractivity contribution is 7.92. The molecule has 0 spiro atoms. The Kier molecular flexibility index (Phi) is 6.97. The Bertz CT molecular complexity index is 1160. The fraction of sp³-hybridized carbons (Fsp3) is 0.208. The molecular formula is C24H26N2O4S. The number of benzene rings is 3. The van der Waals surface area contributed by atoms with Crippen molar-refractivity contribution in [2.24, 2.45) is 0 Å². The molecule has 0 unspecified atom stereocenters. The van der Waals surface area contributed by atoms with E-state index >= 15 is 0 Å². The normalized spacial score (nSPS) is 11.1. The lowest BCUT2D eigenvalue weighted by molar-refractivity contribution is 0.0947. The molecule has 1 amide bonds. The molecule has 0 aromatic heterocycles. The van der Waals surface area contributed by atoms with Crippen molar-refractivity contribution in [3.8, 4) is 5.75 Å². The molecule has 1 N–H and O–H groups in total. The van der Waals surface area contributed by atoms with Crippen molar-refractivity contribution < 1.29 is 17.9 Å². The number of nitrogens with zero attached hydrogens (tertiary/aromatic N) is 1. The maximum atomic E-state index is 13.0. The second kappa shape index (κ2) is 9.66. The van der Waals surface area contributed by atoms with E-state index in [4.69, 9.17) is 4.74 Å². The van der Waals surface area contributed by atoms with Gasteiger partial charge in [-0.2, -0.15) is 0 Å². The van der Waals surface area contributed by atoms with Crippen molar-refractivity contribution in [3.05, 3.63) is 89.5 Å². The van der Waals surface area contributed by atoms with Crippen LogP contribution in [0.25, 0.3) is 0 Å². The Morgan fingerprint density at radius 3 is 2.35 bits per heavy atom. The highest BCUT2D eigenvalue weighted by Gasteiger charge is 2.24. The third kappa shape index (κ3) is 5.44. The number of sulfonamides is 1. The molecule has 0 saturated heterocycles. The summed E-state index contributed by atoms with van der Waals surface area (Å²) in [6.45, 7) is 4.46. The molecular weight excluding hydrogens is 412 g/mol. The van der Waals surface area contributed by atoms with Crippen LogP contribution >= 0.6 is 0 Å². The zero-order valence-electron chi connectivity index (χ0n) is 17.8. The quantitative estimate of drug-likeness (QED) is 0.541. The van der Waals surface area contributed by atoms with Gasteiger partial charge in [-0.25, -0.2) is 8.42 Å². The molecule has 0 fully saturated rings. The van der Waals surface area contributed by atoms with Crippen molar-refractivity contribution in [3.63, 3.8) is 0 Å². The van der Waals surface area contributed by atoms with Gasteiger partial charge in [-0.15, -0.1) is 0 Å². The van der Waals surface area contributed by atoms with Gasteiger partial charge in [0.1, 0.15) is 12.4 Å². The third-order valence-electron chi connectivity index (χ3n) is 4.81. The van der Waals surface area contributed by atoms with Crippen molar-refractivity contribution in [1.29, 1.82) is 0 Å². The van der Waals surface area contributed by atoms with E-state index in [9.17, 15) is 13.2 Å². The second-order valence-corrected chi connectivity index (χ2v) is 9.19. The number of amides is 1. The minimum atomic E-state index is -3.80. The SMILES string of the molecule is Cc1ccc(S(=O)(=O)N(C)c2ccccc2C(=O)NCCOc2cccc(C)c2)cc1. The molecule has 0 aliphatic rings. The van der Waals surface area contributed by atoms with Crippen LogP contribution in [0.4, 0.5) is 5.69 Å². The summed E-state index contributed by atoms with van der Waals surface area (Å²) < 4.78 is 32.9. The highest BCUT2D eigenvalue weighted by Crippen LogP contribution is 2.26.